The molecule has 1 aromatic carbocycles. The fourth-order valence-corrected chi connectivity index (χ4v) is 3.97. The molecule has 1 fully saturated rings. The summed E-state index contributed by atoms with van der Waals surface area (Å²) in [6.07, 6.45) is 6.70. The number of nitrogens with zero attached hydrogens (tertiary/aromatic N) is 1. The van der Waals surface area contributed by atoms with Crippen molar-refractivity contribution in [3.8, 4) is 5.75 Å². The number of benzene rings is 1. The van der Waals surface area contributed by atoms with Crippen molar-refractivity contribution < 1.29 is 14.4 Å². The molecule has 1 saturated heterocycles. The number of piperidine rings is 1. The molecule has 0 aromatic heterocycles. The van der Waals surface area contributed by atoms with E-state index in [0.717, 1.165) is 44.4 Å². The molecule has 1 aliphatic heterocycles. The Hall–Kier alpha value is -2.01. The van der Waals surface area contributed by atoms with E-state index in [1.807, 2.05) is 6.07 Å². The summed E-state index contributed by atoms with van der Waals surface area (Å²) in [7, 11) is 1.71. The average molecular weight is 330 g/mol. The summed E-state index contributed by atoms with van der Waals surface area (Å²) < 4.78 is 5.41. The van der Waals surface area contributed by atoms with E-state index in [1.165, 1.54) is 16.7 Å². The molecule has 24 heavy (non-hydrogen) atoms. The van der Waals surface area contributed by atoms with Gasteiger partial charge < -0.3 is 15.3 Å². The normalized spacial score (nSPS) is 24.0. The van der Waals surface area contributed by atoms with Gasteiger partial charge in [-0.15, -0.1) is 5.06 Å². The Morgan fingerprint density at radius 1 is 1.42 bits per heavy atom. The molecule has 3 rings (SSSR count). The molecule has 5 nitrogen and oxygen atoms in total. The molecule has 1 amide bonds. The average Bonchev–Trinajstić information content (AvgIpc) is 2.60. The number of nitrogens with two attached hydrogens (primary N) is 1. The second-order valence-electron chi connectivity index (χ2n) is 6.56. The van der Waals surface area contributed by atoms with Gasteiger partial charge in [-0.25, -0.2) is 4.79 Å². The quantitative estimate of drug-likeness (QED) is 0.917. The van der Waals surface area contributed by atoms with E-state index in [9.17, 15) is 4.79 Å². The van der Waals surface area contributed by atoms with Gasteiger partial charge in [-0.2, -0.15) is 0 Å². The van der Waals surface area contributed by atoms with Crippen LogP contribution in [0.1, 0.15) is 43.7 Å². The number of fused-ring (bicyclic) bond motifs is 1. The number of hydrogen-bond donors (Lipinski definition) is 1. The number of allylic oxidation sites excluding steroid dienone is 2. The summed E-state index contributed by atoms with van der Waals surface area (Å²) in [5.41, 5.74) is 9.33. The maximum absolute atomic E-state index is 11.1. The molecular weight excluding hydrogens is 304 g/mol. The number of rotatable bonds is 4. The van der Waals surface area contributed by atoms with Crippen LogP contribution in [0, 0.1) is 5.92 Å². The second kappa shape index (κ2) is 7.26. The molecular formula is C19H26N2O3. The van der Waals surface area contributed by atoms with Crippen LogP contribution in [-0.2, 0) is 11.3 Å². The zero-order valence-corrected chi connectivity index (χ0v) is 14.5. The Morgan fingerprint density at radius 2 is 2.25 bits per heavy atom. The zero-order chi connectivity index (χ0) is 17.1. The van der Waals surface area contributed by atoms with E-state index in [1.54, 1.807) is 12.2 Å². The lowest BCUT2D eigenvalue weighted by atomic mass is 9.77. The lowest BCUT2D eigenvalue weighted by Gasteiger charge is -2.38. The summed E-state index contributed by atoms with van der Waals surface area (Å²) >= 11 is 0. The Morgan fingerprint density at radius 3 is 2.96 bits per heavy atom. The second-order valence-corrected chi connectivity index (χ2v) is 6.56. The smallest absolute Gasteiger partial charge is 0.423 e. The minimum absolute atomic E-state index is 0.216. The molecule has 0 spiro atoms. The predicted molar refractivity (Wildman–Crippen MR) is 93.5 cm³/mol. The highest BCUT2D eigenvalue weighted by Crippen LogP contribution is 2.40. The summed E-state index contributed by atoms with van der Waals surface area (Å²) in [6, 6.07) is 6.60. The topological polar surface area (TPSA) is 64.8 Å². The van der Waals surface area contributed by atoms with Crippen LogP contribution in [-0.4, -0.2) is 30.9 Å². The van der Waals surface area contributed by atoms with Gasteiger partial charge in [0.25, 0.3) is 0 Å². The number of primary amides is 1. The number of methoxy groups -OCH3 is 1. The first-order valence-electron chi connectivity index (χ1n) is 8.73. The molecule has 0 bridgehead atoms. The molecule has 2 aliphatic rings. The van der Waals surface area contributed by atoms with Crippen molar-refractivity contribution in [2.24, 2.45) is 11.7 Å². The molecule has 2 atom stereocenters. The molecule has 1 aromatic rings. The molecule has 1 heterocycles. The van der Waals surface area contributed by atoms with E-state index < -0.39 is 6.09 Å². The summed E-state index contributed by atoms with van der Waals surface area (Å²) in [6.45, 7) is 2.85. The van der Waals surface area contributed by atoms with Gasteiger partial charge in [0, 0.05) is 12.6 Å². The number of amides is 1. The van der Waals surface area contributed by atoms with Gasteiger partial charge in [0.15, 0.2) is 0 Å². The fourth-order valence-electron chi connectivity index (χ4n) is 3.97. The molecule has 2 N–H and O–H groups in total. The van der Waals surface area contributed by atoms with Crippen molar-refractivity contribution in [2.75, 3.05) is 13.7 Å². The van der Waals surface area contributed by atoms with Crippen molar-refractivity contribution in [1.29, 1.82) is 0 Å². The third-order valence-corrected chi connectivity index (χ3v) is 5.19. The van der Waals surface area contributed by atoms with Crippen LogP contribution >= 0.6 is 0 Å². The molecule has 2 unspecified atom stereocenters. The van der Waals surface area contributed by atoms with Crippen LogP contribution in [0.3, 0.4) is 0 Å². The summed E-state index contributed by atoms with van der Waals surface area (Å²) in [5, 5.41) is 1.76. The van der Waals surface area contributed by atoms with E-state index in [2.05, 4.69) is 25.1 Å². The Balaban J connectivity index is 1.81. The molecule has 5 heteroatoms. The fraction of sp³-hybridized carbons (Fsp3) is 0.526. The number of hydrogen-bond acceptors (Lipinski definition) is 4. The highest BCUT2D eigenvalue weighted by molar-refractivity contribution is 5.73. The van der Waals surface area contributed by atoms with Crippen LogP contribution in [0.15, 0.2) is 24.3 Å². The van der Waals surface area contributed by atoms with Gasteiger partial charge in [0.05, 0.1) is 7.11 Å². The summed E-state index contributed by atoms with van der Waals surface area (Å²) in [5.74, 6) is 1.39. The van der Waals surface area contributed by atoms with Crippen LogP contribution in [0.4, 0.5) is 4.79 Å². The van der Waals surface area contributed by atoms with Crippen molar-refractivity contribution in [3.63, 3.8) is 0 Å². The van der Waals surface area contributed by atoms with Crippen molar-refractivity contribution >= 4 is 11.7 Å². The van der Waals surface area contributed by atoms with E-state index >= 15 is 0 Å². The number of ether oxygens (including phenoxy) is 1. The van der Waals surface area contributed by atoms with Crippen LogP contribution in [0.25, 0.3) is 5.57 Å². The lowest BCUT2D eigenvalue weighted by molar-refractivity contribution is -0.147. The first-order valence-corrected chi connectivity index (χ1v) is 8.73. The largest absolute Gasteiger partial charge is 0.497 e. The Kier molecular flexibility index (Phi) is 5.09. The lowest BCUT2D eigenvalue weighted by Crippen LogP contribution is -2.44. The number of aryl methyl sites for hydroxylation is 1. The van der Waals surface area contributed by atoms with Gasteiger partial charge in [0.1, 0.15) is 5.75 Å². The SMILES string of the molecule is CCC1CC(C2=CCCc3ccc(OC)cc32)CCN1OC(N)=O. The third-order valence-electron chi connectivity index (χ3n) is 5.19. The third kappa shape index (κ3) is 3.41. The minimum atomic E-state index is -0.723. The number of hydroxylamine groups is 2. The Bertz CT molecular complexity index is 641. The van der Waals surface area contributed by atoms with E-state index in [0.29, 0.717) is 5.92 Å². The van der Waals surface area contributed by atoms with Crippen LogP contribution in [0.2, 0.25) is 0 Å². The van der Waals surface area contributed by atoms with Gasteiger partial charge in [0.2, 0.25) is 0 Å². The maximum atomic E-state index is 11.1. The minimum Gasteiger partial charge on any atom is -0.497 e. The van der Waals surface area contributed by atoms with Gasteiger partial charge in [-0.05, 0) is 66.9 Å². The molecule has 130 valence electrons. The standard InChI is InChI=1S/C19H26N2O3/c1-3-15-11-14(9-10-21(15)24-19(20)22)17-6-4-5-13-7-8-16(23-2)12-18(13)17/h6-8,12,14-15H,3-5,9-11H2,1-2H3,(H2,20,22). The van der Waals surface area contributed by atoms with Crippen LogP contribution < -0.4 is 10.5 Å². The molecule has 0 radical (unpaired) electrons. The highest BCUT2D eigenvalue weighted by Gasteiger charge is 2.33. The molecule has 1 aliphatic carbocycles. The number of carbonyl (C=O) groups is 1. The Labute approximate surface area is 143 Å². The molecule has 0 saturated carbocycles. The highest BCUT2D eigenvalue weighted by atomic mass is 16.7. The van der Waals surface area contributed by atoms with Crippen molar-refractivity contribution in [1.82, 2.24) is 5.06 Å². The van der Waals surface area contributed by atoms with Crippen LogP contribution in [0.5, 0.6) is 5.75 Å². The van der Waals surface area contributed by atoms with Gasteiger partial charge in [-0.1, -0.05) is 19.1 Å². The van der Waals surface area contributed by atoms with Crippen molar-refractivity contribution in [3.05, 3.63) is 35.4 Å². The van der Waals surface area contributed by atoms with Gasteiger partial charge >= 0.3 is 6.09 Å². The van der Waals surface area contributed by atoms with E-state index in [4.69, 9.17) is 15.3 Å². The first kappa shape index (κ1) is 16.8. The monoisotopic (exact) mass is 330 g/mol. The van der Waals surface area contributed by atoms with Crippen molar-refractivity contribution in [2.45, 2.75) is 45.1 Å². The first-order chi connectivity index (χ1) is 11.6. The zero-order valence-electron chi connectivity index (χ0n) is 14.5. The van der Waals surface area contributed by atoms with E-state index in [-0.39, 0.29) is 6.04 Å². The predicted octanol–water partition coefficient (Wildman–Crippen LogP) is 3.53. The number of carbonyl (C=O) groups excluding carboxylic acids is 1. The summed E-state index contributed by atoms with van der Waals surface area (Å²) in [4.78, 5) is 16.2. The maximum Gasteiger partial charge on any atom is 0.423 e. The van der Waals surface area contributed by atoms with Gasteiger partial charge in [-0.3, -0.25) is 0 Å².